The summed E-state index contributed by atoms with van der Waals surface area (Å²) < 4.78 is 36.2. The first-order chi connectivity index (χ1) is 9.89. The van der Waals surface area contributed by atoms with Crippen LogP contribution in [0.1, 0.15) is 18.4 Å². The quantitative estimate of drug-likeness (QED) is 0.843. The molecule has 1 aromatic rings. The summed E-state index contributed by atoms with van der Waals surface area (Å²) in [5, 5.41) is 8.47. The molecule has 1 saturated heterocycles. The van der Waals surface area contributed by atoms with Crippen LogP contribution in [-0.2, 0) is 19.6 Å². The van der Waals surface area contributed by atoms with Crippen LogP contribution in [0.5, 0.6) is 0 Å². The Morgan fingerprint density at radius 2 is 2.14 bits per heavy atom. The first-order valence-corrected chi connectivity index (χ1v) is 8.18. The number of ether oxygens (including phenoxy) is 1. The zero-order valence-corrected chi connectivity index (χ0v) is 12.6. The van der Waals surface area contributed by atoms with Gasteiger partial charge in [-0.15, -0.1) is 0 Å². The van der Waals surface area contributed by atoms with E-state index in [2.05, 4.69) is 0 Å². The molecule has 0 saturated carbocycles. The van der Waals surface area contributed by atoms with Gasteiger partial charge in [0.05, 0.1) is 12.9 Å². The standard InChI is InChI=1S/C13H19NO6S/c1-10-6-13(20-7-10)21(17,18)14-4-2-11(3-5-14)8-19-9-12(15)16/h6-7,11H,2-5,8-9H2,1H3,(H,15,16). The summed E-state index contributed by atoms with van der Waals surface area (Å²) in [6.07, 6.45) is 2.72. The molecular formula is C13H19NO6S. The number of rotatable bonds is 6. The molecule has 0 radical (unpaired) electrons. The molecular weight excluding hydrogens is 298 g/mol. The fourth-order valence-electron chi connectivity index (χ4n) is 2.30. The van der Waals surface area contributed by atoms with E-state index >= 15 is 0 Å². The van der Waals surface area contributed by atoms with Crippen molar-refractivity contribution in [1.29, 1.82) is 0 Å². The fraction of sp³-hybridized carbons (Fsp3) is 0.615. The topological polar surface area (TPSA) is 97.0 Å². The Labute approximate surface area is 123 Å². The lowest BCUT2D eigenvalue weighted by Crippen LogP contribution is -2.39. The van der Waals surface area contributed by atoms with E-state index in [9.17, 15) is 13.2 Å². The average molecular weight is 317 g/mol. The van der Waals surface area contributed by atoms with Gasteiger partial charge < -0.3 is 14.3 Å². The van der Waals surface area contributed by atoms with Crippen molar-refractivity contribution in [3.8, 4) is 0 Å². The molecule has 1 N–H and O–H groups in total. The molecule has 21 heavy (non-hydrogen) atoms. The zero-order valence-electron chi connectivity index (χ0n) is 11.8. The molecule has 1 aliphatic rings. The van der Waals surface area contributed by atoms with Gasteiger partial charge in [0.2, 0.25) is 5.09 Å². The monoisotopic (exact) mass is 317 g/mol. The molecule has 0 spiro atoms. The molecule has 1 aliphatic heterocycles. The van der Waals surface area contributed by atoms with Crippen molar-refractivity contribution < 1.29 is 27.5 Å². The number of carboxylic acids is 1. The van der Waals surface area contributed by atoms with E-state index in [4.69, 9.17) is 14.3 Å². The van der Waals surface area contributed by atoms with Gasteiger partial charge in [-0.05, 0) is 31.2 Å². The highest BCUT2D eigenvalue weighted by Crippen LogP contribution is 2.25. The third-order valence-electron chi connectivity index (χ3n) is 3.45. The first-order valence-electron chi connectivity index (χ1n) is 6.74. The molecule has 118 valence electrons. The Morgan fingerprint density at radius 3 is 2.67 bits per heavy atom. The largest absolute Gasteiger partial charge is 0.480 e. The summed E-state index contributed by atoms with van der Waals surface area (Å²) in [5.41, 5.74) is 0.769. The Hall–Kier alpha value is -1.38. The van der Waals surface area contributed by atoms with Crippen molar-refractivity contribution in [2.45, 2.75) is 24.9 Å². The van der Waals surface area contributed by atoms with Gasteiger partial charge in [0.25, 0.3) is 10.0 Å². The van der Waals surface area contributed by atoms with Crippen LogP contribution in [0.3, 0.4) is 0 Å². The maximum absolute atomic E-state index is 12.3. The normalized spacial score (nSPS) is 18.0. The third kappa shape index (κ3) is 4.05. The maximum Gasteiger partial charge on any atom is 0.329 e. The van der Waals surface area contributed by atoms with E-state index in [1.807, 2.05) is 0 Å². The lowest BCUT2D eigenvalue weighted by atomic mass is 9.99. The molecule has 0 aromatic carbocycles. The van der Waals surface area contributed by atoms with E-state index in [0.717, 1.165) is 5.56 Å². The fourth-order valence-corrected chi connectivity index (χ4v) is 3.75. The van der Waals surface area contributed by atoms with Gasteiger partial charge in [-0.2, -0.15) is 4.31 Å². The lowest BCUT2D eigenvalue weighted by Gasteiger charge is -2.30. The Kier molecular flexibility index (Phi) is 5.02. The van der Waals surface area contributed by atoms with Gasteiger partial charge in [0.15, 0.2) is 0 Å². The zero-order chi connectivity index (χ0) is 15.5. The molecule has 7 nitrogen and oxygen atoms in total. The van der Waals surface area contributed by atoms with Crippen molar-refractivity contribution in [2.75, 3.05) is 26.3 Å². The summed E-state index contributed by atoms with van der Waals surface area (Å²) in [7, 11) is -3.57. The average Bonchev–Trinajstić information content (AvgIpc) is 2.86. The van der Waals surface area contributed by atoms with E-state index in [1.165, 1.54) is 16.6 Å². The maximum atomic E-state index is 12.3. The van der Waals surface area contributed by atoms with Crippen LogP contribution in [-0.4, -0.2) is 50.1 Å². The minimum Gasteiger partial charge on any atom is -0.480 e. The van der Waals surface area contributed by atoms with E-state index in [0.29, 0.717) is 32.5 Å². The molecule has 0 unspecified atom stereocenters. The number of aryl methyl sites for hydroxylation is 1. The Balaban J connectivity index is 1.87. The summed E-state index contributed by atoms with van der Waals surface area (Å²) in [5.74, 6) is -0.808. The highest BCUT2D eigenvalue weighted by atomic mass is 32.2. The van der Waals surface area contributed by atoms with Crippen LogP contribution in [0.25, 0.3) is 0 Å². The highest BCUT2D eigenvalue weighted by Gasteiger charge is 2.31. The van der Waals surface area contributed by atoms with Crippen molar-refractivity contribution in [3.05, 3.63) is 17.9 Å². The van der Waals surface area contributed by atoms with E-state index in [1.54, 1.807) is 6.92 Å². The van der Waals surface area contributed by atoms with Crippen LogP contribution in [0.15, 0.2) is 21.8 Å². The smallest absolute Gasteiger partial charge is 0.329 e. The van der Waals surface area contributed by atoms with Crippen LogP contribution in [0, 0.1) is 12.8 Å². The predicted molar refractivity (Wildman–Crippen MR) is 73.4 cm³/mol. The molecule has 2 rings (SSSR count). The van der Waals surface area contributed by atoms with Gasteiger partial charge >= 0.3 is 5.97 Å². The van der Waals surface area contributed by atoms with Gasteiger partial charge in [-0.25, -0.2) is 13.2 Å². The SMILES string of the molecule is Cc1coc(S(=O)(=O)N2CCC(COCC(=O)O)CC2)c1. The number of hydrogen-bond acceptors (Lipinski definition) is 5. The van der Waals surface area contributed by atoms with Gasteiger partial charge in [-0.3, -0.25) is 0 Å². The second kappa shape index (κ2) is 6.59. The summed E-state index contributed by atoms with van der Waals surface area (Å²) in [6.45, 7) is 2.59. The van der Waals surface area contributed by atoms with Crippen LogP contribution in [0.2, 0.25) is 0 Å². The molecule has 0 amide bonds. The number of aliphatic carboxylic acids is 1. The van der Waals surface area contributed by atoms with Gasteiger partial charge in [-0.1, -0.05) is 0 Å². The lowest BCUT2D eigenvalue weighted by molar-refractivity contribution is -0.142. The predicted octanol–water partition coefficient (Wildman–Crippen LogP) is 1.09. The Morgan fingerprint density at radius 1 is 1.48 bits per heavy atom. The number of sulfonamides is 1. The number of hydrogen-bond donors (Lipinski definition) is 1. The molecule has 0 bridgehead atoms. The molecule has 2 heterocycles. The second-order valence-electron chi connectivity index (χ2n) is 5.20. The summed E-state index contributed by atoms with van der Waals surface area (Å²) >= 11 is 0. The number of piperidine rings is 1. The van der Waals surface area contributed by atoms with Gasteiger partial charge in [0.1, 0.15) is 6.61 Å². The summed E-state index contributed by atoms with van der Waals surface area (Å²) in [6, 6.07) is 1.51. The molecule has 0 aliphatic carbocycles. The van der Waals surface area contributed by atoms with E-state index in [-0.39, 0.29) is 17.6 Å². The number of furan rings is 1. The molecule has 1 fully saturated rings. The van der Waals surface area contributed by atoms with E-state index < -0.39 is 16.0 Å². The van der Waals surface area contributed by atoms with Crippen molar-refractivity contribution in [1.82, 2.24) is 4.31 Å². The minimum absolute atomic E-state index is 0.0272. The van der Waals surface area contributed by atoms with Crippen molar-refractivity contribution >= 4 is 16.0 Å². The van der Waals surface area contributed by atoms with Gasteiger partial charge in [0, 0.05) is 19.2 Å². The number of carbonyl (C=O) groups is 1. The Bertz CT molecular complexity index is 586. The molecule has 8 heteroatoms. The van der Waals surface area contributed by atoms with Crippen LogP contribution in [0.4, 0.5) is 0 Å². The van der Waals surface area contributed by atoms with Crippen molar-refractivity contribution in [3.63, 3.8) is 0 Å². The first kappa shape index (κ1) is 16.0. The minimum atomic E-state index is -3.57. The molecule has 1 aromatic heterocycles. The second-order valence-corrected chi connectivity index (χ2v) is 7.07. The number of nitrogens with zero attached hydrogens (tertiary/aromatic N) is 1. The van der Waals surface area contributed by atoms with Crippen molar-refractivity contribution in [2.24, 2.45) is 5.92 Å². The number of carboxylic acid groups (broad SMARTS) is 1. The summed E-state index contributed by atoms with van der Waals surface area (Å²) in [4.78, 5) is 10.4. The highest BCUT2D eigenvalue weighted by molar-refractivity contribution is 7.89. The van der Waals surface area contributed by atoms with Crippen LogP contribution < -0.4 is 0 Å². The third-order valence-corrected chi connectivity index (χ3v) is 5.22. The van der Waals surface area contributed by atoms with Crippen LogP contribution >= 0.6 is 0 Å². The molecule has 0 atom stereocenters.